The van der Waals surface area contributed by atoms with Gasteiger partial charge >= 0.3 is 0 Å². The Morgan fingerprint density at radius 1 is 1.35 bits per heavy atom. The summed E-state index contributed by atoms with van der Waals surface area (Å²) < 4.78 is 1.60. The van der Waals surface area contributed by atoms with E-state index in [1.54, 1.807) is 0 Å². The Hall–Kier alpha value is -1.34. The number of phenols is 1. The fraction of sp³-hybridized carbons (Fsp3) is 0.200. The maximum Gasteiger partial charge on any atom is 0.267 e. The van der Waals surface area contributed by atoms with Gasteiger partial charge in [0.2, 0.25) is 0 Å². The zero-order chi connectivity index (χ0) is 16.9. The molecular weight excluding hydrogens is 375 g/mol. The lowest BCUT2D eigenvalue weighted by Gasteiger charge is -2.09. The lowest BCUT2D eigenvalue weighted by Crippen LogP contribution is -2.20. The number of aromatic hydroxyl groups is 1. The first-order valence-electron chi connectivity index (χ1n) is 6.80. The van der Waals surface area contributed by atoms with Crippen LogP contribution in [0.15, 0.2) is 16.9 Å². The van der Waals surface area contributed by atoms with E-state index in [1.165, 1.54) is 28.0 Å². The van der Waals surface area contributed by atoms with Crippen molar-refractivity contribution in [3.63, 3.8) is 0 Å². The number of phenolic OH excluding ortho intramolecular Hbond substituents is 1. The molecule has 0 radical (unpaired) electrons. The third-order valence-corrected chi connectivity index (χ3v) is 5.59. The average molecular weight is 387 g/mol. The van der Waals surface area contributed by atoms with Crippen LogP contribution in [0, 0.1) is 11.7 Å². The second kappa shape index (κ2) is 5.94. The SMILES string of the molecule is CCc1c(C)sc2[nH]c(=S)n(-c3cc(Cl)c(O)c(Cl)c3)c(=O)c12. The highest BCUT2D eigenvalue weighted by Crippen LogP contribution is 2.34. The van der Waals surface area contributed by atoms with Crippen LogP contribution < -0.4 is 5.56 Å². The van der Waals surface area contributed by atoms with Crippen molar-refractivity contribution in [1.82, 2.24) is 9.55 Å². The van der Waals surface area contributed by atoms with Crippen molar-refractivity contribution in [1.29, 1.82) is 0 Å². The van der Waals surface area contributed by atoms with Crippen molar-refractivity contribution in [2.45, 2.75) is 20.3 Å². The van der Waals surface area contributed by atoms with Gasteiger partial charge in [-0.1, -0.05) is 30.1 Å². The third-order valence-electron chi connectivity index (χ3n) is 3.66. The van der Waals surface area contributed by atoms with Crippen molar-refractivity contribution in [3.8, 4) is 11.4 Å². The van der Waals surface area contributed by atoms with Gasteiger partial charge < -0.3 is 10.1 Å². The smallest absolute Gasteiger partial charge is 0.267 e. The van der Waals surface area contributed by atoms with Crippen molar-refractivity contribution in [3.05, 3.63) is 47.7 Å². The van der Waals surface area contributed by atoms with Crippen molar-refractivity contribution in [2.75, 3.05) is 0 Å². The number of nitrogens with one attached hydrogen (secondary N) is 1. The summed E-state index contributed by atoms with van der Waals surface area (Å²) in [6.07, 6.45) is 0.753. The van der Waals surface area contributed by atoms with Gasteiger partial charge in [0.15, 0.2) is 10.5 Å². The zero-order valence-electron chi connectivity index (χ0n) is 12.2. The van der Waals surface area contributed by atoms with Gasteiger partial charge in [-0.25, -0.2) is 0 Å². The molecule has 0 spiro atoms. The summed E-state index contributed by atoms with van der Waals surface area (Å²) in [6, 6.07) is 2.93. The molecule has 0 amide bonds. The molecule has 2 heterocycles. The van der Waals surface area contributed by atoms with E-state index in [2.05, 4.69) is 4.98 Å². The number of aromatic nitrogens is 2. The van der Waals surface area contributed by atoms with Crippen LogP contribution in [-0.4, -0.2) is 14.7 Å². The number of rotatable bonds is 2. The monoisotopic (exact) mass is 386 g/mol. The fourth-order valence-corrected chi connectivity index (χ4v) is 4.56. The minimum absolute atomic E-state index is 0.0612. The van der Waals surface area contributed by atoms with E-state index >= 15 is 0 Å². The highest BCUT2D eigenvalue weighted by molar-refractivity contribution is 7.71. The van der Waals surface area contributed by atoms with E-state index in [1.807, 2.05) is 13.8 Å². The summed E-state index contributed by atoms with van der Waals surface area (Å²) in [5, 5.41) is 10.4. The summed E-state index contributed by atoms with van der Waals surface area (Å²) in [4.78, 5) is 17.9. The molecule has 3 rings (SSSR count). The molecule has 2 aromatic heterocycles. The molecule has 8 heteroatoms. The molecule has 120 valence electrons. The second-order valence-corrected chi connectivity index (χ2v) is 7.45. The highest BCUT2D eigenvalue weighted by atomic mass is 35.5. The first-order valence-corrected chi connectivity index (χ1v) is 8.78. The summed E-state index contributed by atoms with van der Waals surface area (Å²) in [5.41, 5.74) is 1.20. The van der Waals surface area contributed by atoms with Crippen LogP contribution in [0.2, 0.25) is 10.0 Å². The van der Waals surface area contributed by atoms with Crippen LogP contribution in [0.1, 0.15) is 17.4 Å². The van der Waals surface area contributed by atoms with Crippen LogP contribution in [0.5, 0.6) is 5.75 Å². The van der Waals surface area contributed by atoms with Gasteiger partial charge in [0.05, 0.1) is 21.1 Å². The maximum atomic E-state index is 13.0. The van der Waals surface area contributed by atoms with E-state index in [-0.39, 0.29) is 26.1 Å². The largest absolute Gasteiger partial charge is 0.505 e. The molecule has 3 aromatic rings. The van der Waals surface area contributed by atoms with E-state index < -0.39 is 0 Å². The number of hydrogen-bond acceptors (Lipinski definition) is 4. The van der Waals surface area contributed by atoms with Gasteiger partial charge in [-0.15, -0.1) is 11.3 Å². The molecule has 0 bridgehead atoms. The van der Waals surface area contributed by atoms with E-state index in [9.17, 15) is 9.90 Å². The fourth-order valence-electron chi connectivity index (χ4n) is 2.59. The first kappa shape index (κ1) is 16.5. The Bertz CT molecular complexity index is 1030. The molecule has 0 atom stereocenters. The molecule has 0 saturated heterocycles. The maximum absolute atomic E-state index is 13.0. The Kier molecular flexibility index (Phi) is 4.27. The predicted octanol–water partition coefficient (Wildman–Crippen LogP) is 4.99. The number of thiophene rings is 1. The molecule has 23 heavy (non-hydrogen) atoms. The summed E-state index contributed by atoms with van der Waals surface area (Å²) >= 11 is 18.8. The normalized spacial score (nSPS) is 11.3. The molecule has 0 saturated carbocycles. The Morgan fingerprint density at radius 2 is 1.96 bits per heavy atom. The van der Waals surface area contributed by atoms with Crippen molar-refractivity contribution >= 4 is 57.0 Å². The van der Waals surface area contributed by atoms with Crippen LogP contribution in [0.25, 0.3) is 15.9 Å². The number of aryl methyl sites for hydroxylation is 2. The summed E-state index contributed by atoms with van der Waals surface area (Å²) in [6.45, 7) is 3.99. The lowest BCUT2D eigenvalue weighted by molar-refractivity contribution is 0.475. The van der Waals surface area contributed by atoms with Crippen LogP contribution in [0.3, 0.4) is 0 Å². The molecule has 0 aliphatic rings. The summed E-state index contributed by atoms with van der Waals surface area (Å²) in [7, 11) is 0. The van der Waals surface area contributed by atoms with Gasteiger partial charge in [-0.2, -0.15) is 0 Å². The minimum Gasteiger partial charge on any atom is -0.505 e. The molecule has 0 aliphatic heterocycles. The molecule has 0 fully saturated rings. The molecule has 0 unspecified atom stereocenters. The highest BCUT2D eigenvalue weighted by Gasteiger charge is 2.17. The van der Waals surface area contributed by atoms with E-state index in [4.69, 9.17) is 35.4 Å². The predicted molar refractivity (Wildman–Crippen MR) is 98.4 cm³/mol. The molecule has 2 N–H and O–H groups in total. The van der Waals surface area contributed by atoms with Crippen LogP contribution >= 0.6 is 46.8 Å². The molecular formula is C15H12Cl2N2O2S2. The summed E-state index contributed by atoms with van der Waals surface area (Å²) in [5.74, 6) is -0.221. The number of nitrogens with zero attached hydrogens (tertiary/aromatic N) is 1. The van der Waals surface area contributed by atoms with Gasteiger partial charge in [0.1, 0.15) is 4.83 Å². The van der Waals surface area contributed by atoms with E-state index in [0.717, 1.165) is 21.7 Å². The van der Waals surface area contributed by atoms with Crippen LogP contribution in [0.4, 0.5) is 0 Å². The van der Waals surface area contributed by atoms with Crippen molar-refractivity contribution < 1.29 is 5.11 Å². The Labute approximate surface area is 150 Å². The van der Waals surface area contributed by atoms with E-state index in [0.29, 0.717) is 11.1 Å². The molecule has 1 aromatic carbocycles. The second-order valence-electron chi connectivity index (χ2n) is 5.02. The molecule has 4 nitrogen and oxygen atoms in total. The zero-order valence-corrected chi connectivity index (χ0v) is 15.4. The van der Waals surface area contributed by atoms with Gasteiger partial charge in [0, 0.05) is 4.88 Å². The van der Waals surface area contributed by atoms with Gasteiger partial charge in [-0.3, -0.25) is 9.36 Å². The Balaban J connectivity index is 2.43. The standard InChI is InChI=1S/C15H12Cl2N2O2S2/c1-3-8-6(2)23-13-11(8)14(21)19(15(22)18-13)7-4-9(16)12(20)10(17)5-7/h4-5,20H,3H2,1-2H3,(H,18,22). The number of benzene rings is 1. The topological polar surface area (TPSA) is 58.0 Å². The first-order chi connectivity index (χ1) is 10.8. The average Bonchev–Trinajstić information content (AvgIpc) is 2.79. The number of halogens is 2. The number of fused-ring (bicyclic) bond motifs is 1. The number of hydrogen-bond donors (Lipinski definition) is 2. The number of aromatic amines is 1. The third kappa shape index (κ3) is 2.59. The van der Waals surface area contributed by atoms with Crippen LogP contribution in [-0.2, 0) is 6.42 Å². The Morgan fingerprint density at radius 3 is 2.52 bits per heavy atom. The number of H-pyrrole nitrogens is 1. The lowest BCUT2D eigenvalue weighted by atomic mass is 10.1. The minimum atomic E-state index is -0.221. The quantitative estimate of drug-likeness (QED) is 0.609. The van der Waals surface area contributed by atoms with Crippen molar-refractivity contribution in [2.24, 2.45) is 0 Å². The van der Waals surface area contributed by atoms with Gasteiger partial charge in [0.25, 0.3) is 5.56 Å². The van der Waals surface area contributed by atoms with Gasteiger partial charge in [-0.05, 0) is 43.3 Å². The molecule has 0 aliphatic carbocycles.